The second kappa shape index (κ2) is 5.83. The van der Waals surface area contributed by atoms with Gasteiger partial charge in [0, 0.05) is 11.5 Å². The summed E-state index contributed by atoms with van der Waals surface area (Å²) in [5, 5.41) is 34.4. The summed E-state index contributed by atoms with van der Waals surface area (Å²) in [7, 11) is 0. The van der Waals surface area contributed by atoms with E-state index in [2.05, 4.69) is 13.8 Å². The van der Waals surface area contributed by atoms with Gasteiger partial charge in [0.2, 0.25) is 0 Å². The average molecular weight is 391 g/mol. The van der Waals surface area contributed by atoms with Gasteiger partial charge in [-0.05, 0) is 86.5 Å². The van der Waals surface area contributed by atoms with Crippen LogP contribution < -0.4 is 0 Å². The lowest BCUT2D eigenvalue weighted by molar-refractivity contribution is -0.296. The molecule has 28 heavy (non-hydrogen) atoms. The smallest absolute Gasteiger partial charge is 0.331 e. The van der Waals surface area contributed by atoms with Crippen LogP contribution in [0.5, 0.6) is 0 Å². The van der Waals surface area contributed by atoms with Crippen molar-refractivity contribution in [3.8, 4) is 0 Å². The van der Waals surface area contributed by atoms with Crippen molar-refractivity contribution in [1.82, 2.24) is 0 Å². The largest absolute Gasteiger partial charge is 0.458 e. The lowest BCUT2D eigenvalue weighted by Crippen LogP contribution is -2.73. The van der Waals surface area contributed by atoms with E-state index in [1.165, 1.54) is 0 Å². The number of fused-ring (bicyclic) bond motifs is 5. The highest BCUT2D eigenvalue weighted by Crippen LogP contribution is 2.71. The fourth-order valence-electron chi connectivity index (χ4n) is 8.45. The van der Waals surface area contributed by atoms with Gasteiger partial charge in [0.25, 0.3) is 0 Å². The van der Waals surface area contributed by atoms with Gasteiger partial charge in [-0.15, -0.1) is 0 Å². The van der Waals surface area contributed by atoms with E-state index >= 15 is 0 Å². The summed E-state index contributed by atoms with van der Waals surface area (Å²) in [6.45, 7) is 4.75. The number of aliphatic hydroxyl groups excluding tert-OH is 1. The Bertz CT molecular complexity index is 733. The normalized spacial score (nSPS) is 55.8. The standard InChI is InChI=1S/C23H34O5/c1-20-7-4-16(24)12-15(20)3-9-22(26)18(20)6-8-21(2)17(5-10-23(21,22)27)14-11-19(25)28-13-14/h11,15-18,24,26-27H,3-10,12-13H2,1-2H3. The van der Waals surface area contributed by atoms with E-state index < -0.39 is 16.6 Å². The van der Waals surface area contributed by atoms with Gasteiger partial charge in [-0.25, -0.2) is 4.79 Å². The molecule has 5 nitrogen and oxygen atoms in total. The Balaban J connectivity index is 1.52. The van der Waals surface area contributed by atoms with Crippen molar-refractivity contribution in [2.75, 3.05) is 6.61 Å². The monoisotopic (exact) mass is 390 g/mol. The third kappa shape index (κ3) is 2.16. The number of esters is 1. The van der Waals surface area contributed by atoms with Crippen molar-refractivity contribution in [3.05, 3.63) is 11.6 Å². The SMILES string of the molecule is CC12CCC(O)CC1CCC1(O)C2CCC2(C)C(C3=CC(=O)OC3)CCC21O. The molecule has 5 rings (SSSR count). The minimum Gasteiger partial charge on any atom is -0.458 e. The summed E-state index contributed by atoms with van der Waals surface area (Å²) >= 11 is 0. The summed E-state index contributed by atoms with van der Waals surface area (Å²) in [6, 6.07) is 0. The lowest BCUT2D eigenvalue weighted by Gasteiger charge is -2.67. The molecule has 0 aromatic heterocycles. The van der Waals surface area contributed by atoms with Gasteiger partial charge >= 0.3 is 5.97 Å². The Hall–Kier alpha value is -0.910. The molecule has 4 saturated carbocycles. The summed E-state index contributed by atoms with van der Waals surface area (Å²) in [4.78, 5) is 11.6. The van der Waals surface area contributed by atoms with E-state index in [4.69, 9.17) is 4.74 Å². The van der Waals surface area contributed by atoms with Gasteiger partial charge < -0.3 is 20.1 Å². The molecule has 0 aromatic rings. The number of aliphatic hydroxyl groups is 3. The second-order valence-corrected chi connectivity index (χ2v) is 10.9. The molecule has 8 unspecified atom stereocenters. The summed E-state index contributed by atoms with van der Waals surface area (Å²) in [5.41, 5.74) is -1.69. The van der Waals surface area contributed by atoms with E-state index in [1.54, 1.807) is 6.08 Å². The van der Waals surface area contributed by atoms with Crippen LogP contribution >= 0.6 is 0 Å². The van der Waals surface area contributed by atoms with Crippen LogP contribution in [0.25, 0.3) is 0 Å². The quantitative estimate of drug-likeness (QED) is 0.599. The van der Waals surface area contributed by atoms with Crippen molar-refractivity contribution < 1.29 is 24.9 Å². The van der Waals surface area contributed by atoms with Crippen molar-refractivity contribution in [2.24, 2.45) is 28.6 Å². The van der Waals surface area contributed by atoms with Gasteiger partial charge in [-0.2, -0.15) is 0 Å². The molecule has 156 valence electrons. The van der Waals surface area contributed by atoms with Crippen molar-refractivity contribution in [1.29, 1.82) is 0 Å². The van der Waals surface area contributed by atoms with Crippen LogP contribution in [-0.4, -0.2) is 45.2 Å². The van der Waals surface area contributed by atoms with Gasteiger partial charge in [0.1, 0.15) is 6.61 Å². The van der Waals surface area contributed by atoms with E-state index in [0.717, 1.165) is 50.5 Å². The molecule has 8 atom stereocenters. The number of hydrogen-bond donors (Lipinski definition) is 3. The number of hydrogen-bond acceptors (Lipinski definition) is 5. The molecule has 1 aliphatic heterocycles. The Kier molecular flexibility index (Phi) is 3.97. The van der Waals surface area contributed by atoms with E-state index in [0.29, 0.717) is 25.4 Å². The summed E-state index contributed by atoms with van der Waals surface area (Å²) in [6.07, 6.45) is 8.55. The number of carbonyl (C=O) groups is 1. The minimum atomic E-state index is -1.13. The molecule has 5 heteroatoms. The maximum atomic E-state index is 12.1. The highest BCUT2D eigenvalue weighted by atomic mass is 16.5. The minimum absolute atomic E-state index is 0.0208. The van der Waals surface area contributed by atoms with Crippen LogP contribution in [0.2, 0.25) is 0 Å². The molecule has 4 aliphatic carbocycles. The number of rotatable bonds is 1. The van der Waals surface area contributed by atoms with Crippen molar-refractivity contribution >= 4 is 5.97 Å². The first kappa shape index (κ1) is 19.1. The van der Waals surface area contributed by atoms with E-state index in [9.17, 15) is 20.1 Å². The Morgan fingerprint density at radius 1 is 1.04 bits per heavy atom. The number of ether oxygens (including phenoxy) is 1. The fraction of sp³-hybridized carbons (Fsp3) is 0.870. The zero-order valence-electron chi connectivity index (χ0n) is 17.1. The lowest BCUT2D eigenvalue weighted by atomic mass is 9.41. The van der Waals surface area contributed by atoms with Crippen LogP contribution in [0.15, 0.2) is 11.6 Å². The van der Waals surface area contributed by atoms with Crippen LogP contribution in [0.3, 0.4) is 0 Å². The Labute approximate surface area is 167 Å². The molecule has 5 aliphatic rings. The third-order valence-electron chi connectivity index (χ3n) is 10.1. The zero-order chi connectivity index (χ0) is 19.9. The fourth-order valence-corrected chi connectivity index (χ4v) is 8.45. The summed E-state index contributed by atoms with van der Waals surface area (Å²) in [5.74, 6) is 0.302. The maximum Gasteiger partial charge on any atom is 0.331 e. The van der Waals surface area contributed by atoms with Crippen LogP contribution in [0, 0.1) is 28.6 Å². The molecule has 0 aromatic carbocycles. The molecule has 3 N–H and O–H groups in total. The molecule has 0 amide bonds. The first-order valence-electron chi connectivity index (χ1n) is 11.1. The molecule has 4 fully saturated rings. The molecule has 0 saturated heterocycles. The predicted octanol–water partition coefficient (Wildman–Crippen LogP) is 2.72. The van der Waals surface area contributed by atoms with Crippen LogP contribution in [0.1, 0.15) is 71.6 Å². The Morgan fingerprint density at radius 2 is 1.82 bits per heavy atom. The van der Waals surface area contributed by atoms with E-state index in [-0.39, 0.29) is 29.3 Å². The zero-order valence-corrected chi connectivity index (χ0v) is 17.1. The van der Waals surface area contributed by atoms with Gasteiger partial charge in [0.05, 0.1) is 17.3 Å². The topological polar surface area (TPSA) is 87.0 Å². The van der Waals surface area contributed by atoms with E-state index in [1.807, 2.05) is 0 Å². The number of carbonyl (C=O) groups excluding carboxylic acids is 1. The average Bonchev–Trinajstić information content (AvgIpc) is 3.18. The highest BCUT2D eigenvalue weighted by Gasteiger charge is 2.74. The molecular weight excluding hydrogens is 356 g/mol. The van der Waals surface area contributed by atoms with Crippen molar-refractivity contribution in [3.63, 3.8) is 0 Å². The third-order valence-corrected chi connectivity index (χ3v) is 10.1. The highest BCUT2D eigenvalue weighted by molar-refractivity contribution is 5.85. The van der Waals surface area contributed by atoms with Gasteiger partial charge in [0.15, 0.2) is 0 Å². The predicted molar refractivity (Wildman–Crippen MR) is 103 cm³/mol. The first-order chi connectivity index (χ1) is 13.1. The van der Waals surface area contributed by atoms with Crippen molar-refractivity contribution in [2.45, 2.75) is 88.9 Å². The summed E-state index contributed by atoms with van der Waals surface area (Å²) < 4.78 is 5.16. The number of cyclic esters (lactones) is 1. The molecule has 1 heterocycles. The molecule has 0 bridgehead atoms. The maximum absolute atomic E-state index is 12.1. The molecular formula is C23H34O5. The van der Waals surface area contributed by atoms with Gasteiger partial charge in [-0.3, -0.25) is 0 Å². The van der Waals surface area contributed by atoms with Gasteiger partial charge in [-0.1, -0.05) is 13.8 Å². The molecule has 0 spiro atoms. The Morgan fingerprint density at radius 3 is 2.54 bits per heavy atom. The van der Waals surface area contributed by atoms with Crippen LogP contribution in [0.4, 0.5) is 0 Å². The van der Waals surface area contributed by atoms with Crippen LogP contribution in [-0.2, 0) is 9.53 Å². The second-order valence-electron chi connectivity index (χ2n) is 10.9. The molecule has 0 radical (unpaired) electrons. The first-order valence-corrected chi connectivity index (χ1v) is 11.1.